The van der Waals surface area contributed by atoms with Gasteiger partial charge in [-0.1, -0.05) is 28.9 Å². The van der Waals surface area contributed by atoms with Crippen molar-refractivity contribution in [3.63, 3.8) is 0 Å². The molecule has 1 aliphatic rings. The number of nitrogens with one attached hydrogen (secondary N) is 2. The van der Waals surface area contributed by atoms with E-state index in [9.17, 15) is 9.59 Å². The molecule has 36 heavy (non-hydrogen) atoms. The Morgan fingerprint density at radius 1 is 1.03 bits per heavy atom. The van der Waals surface area contributed by atoms with Crippen LogP contribution in [0.4, 0.5) is 5.69 Å². The Bertz CT molecular complexity index is 1360. The van der Waals surface area contributed by atoms with E-state index in [4.69, 9.17) is 25.4 Å². The number of ether oxygens (including phenoxy) is 1. The number of guanidine groups is 1. The fourth-order valence-electron chi connectivity index (χ4n) is 3.45. The van der Waals surface area contributed by atoms with Gasteiger partial charge in [0.05, 0.1) is 13.1 Å². The second-order valence-corrected chi connectivity index (χ2v) is 8.15. The van der Waals surface area contributed by atoms with Crippen molar-refractivity contribution >= 4 is 35.1 Å². The lowest BCUT2D eigenvalue weighted by Crippen LogP contribution is -2.56. The molecule has 0 radical (unpaired) electrons. The molecular weight excluding hydrogens is 488 g/mol. The highest BCUT2D eigenvalue weighted by atomic mass is 35.5. The SMILES string of the molecule is O=C(NC1CN=C(Nc2ccc(Oc3ccon3)cc2)N(Cc2ccc(Cl)cc2)C1=O)c1ccon1. The number of carbonyl (C=O) groups excluding carboxylic acids is 2. The third-order valence-corrected chi connectivity index (χ3v) is 5.47. The summed E-state index contributed by atoms with van der Waals surface area (Å²) < 4.78 is 15.1. The summed E-state index contributed by atoms with van der Waals surface area (Å²) in [5.41, 5.74) is 1.59. The van der Waals surface area contributed by atoms with E-state index >= 15 is 0 Å². The second-order valence-electron chi connectivity index (χ2n) is 7.72. The first-order chi connectivity index (χ1) is 17.5. The summed E-state index contributed by atoms with van der Waals surface area (Å²) in [7, 11) is 0. The quantitative estimate of drug-likeness (QED) is 0.387. The van der Waals surface area contributed by atoms with Crippen LogP contribution in [0.15, 0.2) is 87.2 Å². The molecule has 1 aliphatic heterocycles. The fraction of sp³-hybridized carbons (Fsp3) is 0.125. The minimum absolute atomic E-state index is 0.0508. The van der Waals surface area contributed by atoms with E-state index in [0.717, 1.165) is 5.56 Å². The minimum Gasteiger partial charge on any atom is -0.436 e. The number of rotatable bonds is 7. The first kappa shape index (κ1) is 23.1. The number of nitrogens with zero attached hydrogens (tertiary/aromatic N) is 4. The molecule has 0 spiro atoms. The molecule has 11 nitrogen and oxygen atoms in total. The average molecular weight is 507 g/mol. The van der Waals surface area contributed by atoms with E-state index in [-0.39, 0.29) is 24.7 Å². The maximum Gasteiger partial charge on any atom is 0.274 e. The number of benzene rings is 2. The number of anilines is 1. The van der Waals surface area contributed by atoms with E-state index in [1.165, 1.54) is 23.5 Å². The first-order valence-electron chi connectivity index (χ1n) is 10.8. The van der Waals surface area contributed by atoms with Gasteiger partial charge in [-0.15, -0.1) is 0 Å². The van der Waals surface area contributed by atoms with Crippen LogP contribution in [0.25, 0.3) is 0 Å². The van der Waals surface area contributed by atoms with E-state index in [1.54, 1.807) is 42.5 Å². The lowest BCUT2D eigenvalue weighted by Gasteiger charge is -2.32. The van der Waals surface area contributed by atoms with Crippen molar-refractivity contribution in [2.45, 2.75) is 12.6 Å². The van der Waals surface area contributed by atoms with Gasteiger partial charge in [-0.3, -0.25) is 14.5 Å². The number of hydrogen-bond donors (Lipinski definition) is 2. The molecule has 0 saturated carbocycles. The van der Waals surface area contributed by atoms with E-state index in [2.05, 4.69) is 25.9 Å². The molecule has 2 N–H and O–H groups in total. The normalized spacial score (nSPS) is 15.4. The Morgan fingerprint density at radius 2 is 1.78 bits per heavy atom. The van der Waals surface area contributed by atoms with Crippen LogP contribution in [0.5, 0.6) is 11.6 Å². The van der Waals surface area contributed by atoms with Crippen molar-refractivity contribution in [1.82, 2.24) is 20.5 Å². The third-order valence-electron chi connectivity index (χ3n) is 5.22. The van der Waals surface area contributed by atoms with E-state index < -0.39 is 11.9 Å². The molecule has 3 heterocycles. The van der Waals surface area contributed by atoms with Gasteiger partial charge in [-0.2, -0.15) is 0 Å². The summed E-state index contributed by atoms with van der Waals surface area (Å²) in [6.45, 7) is 0.265. The van der Waals surface area contributed by atoms with Gasteiger partial charge in [0, 0.05) is 22.8 Å². The number of carbonyl (C=O) groups is 2. The summed E-state index contributed by atoms with van der Waals surface area (Å²) in [5, 5.41) is 13.8. The highest BCUT2D eigenvalue weighted by molar-refractivity contribution is 6.30. The zero-order valence-corrected chi connectivity index (χ0v) is 19.4. The Labute approximate surface area is 209 Å². The largest absolute Gasteiger partial charge is 0.436 e. The molecule has 0 saturated heterocycles. The van der Waals surface area contributed by atoms with Gasteiger partial charge in [0.1, 0.15) is 24.3 Å². The van der Waals surface area contributed by atoms with Crippen LogP contribution in [0.3, 0.4) is 0 Å². The van der Waals surface area contributed by atoms with Gasteiger partial charge in [0.2, 0.25) is 5.96 Å². The summed E-state index contributed by atoms with van der Waals surface area (Å²) in [6, 6.07) is 16.3. The number of hydrogen-bond acceptors (Lipinski definition) is 9. The predicted molar refractivity (Wildman–Crippen MR) is 129 cm³/mol. The first-order valence-corrected chi connectivity index (χ1v) is 11.2. The summed E-state index contributed by atoms with van der Waals surface area (Å²) in [6.07, 6.45) is 2.70. The summed E-state index contributed by atoms with van der Waals surface area (Å²) in [4.78, 5) is 31.9. The number of halogens is 1. The molecule has 5 rings (SSSR count). The van der Waals surface area contributed by atoms with Crippen LogP contribution < -0.4 is 15.4 Å². The molecule has 0 fully saturated rings. The summed E-state index contributed by atoms with van der Waals surface area (Å²) in [5.74, 6) is 0.385. The van der Waals surface area contributed by atoms with E-state index in [1.807, 2.05) is 12.1 Å². The monoisotopic (exact) mass is 506 g/mol. The van der Waals surface area contributed by atoms with Crippen LogP contribution >= 0.6 is 11.6 Å². The van der Waals surface area contributed by atoms with Crippen molar-refractivity contribution < 1.29 is 23.4 Å². The average Bonchev–Trinajstić information content (AvgIpc) is 3.60. The van der Waals surface area contributed by atoms with E-state index in [0.29, 0.717) is 28.3 Å². The van der Waals surface area contributed by atoms with Gasteiger partial charge in [0.15, 0.2) is 5.69 Å². The van der Waals surface area contributed by atoms with Gasteiger partial charge < -0.3 is 24.4 Å². The Morgan fingerprint density at radius 3 is 2.47 bits per heavy atom. The van der Waals surface area contributed by atoms with Crippen LogP contribution in [0.1, 0.15) is 16.1 Å². The molecule has 4 aromatic rings. The molecule has 2 aromatic carbocycles. The molecule has 1 unspecified atom stereocenters. The van der Waals surface area contributed by atoms with Crippen LogP contribution in [0, 0.1) is 0 Å². The zero-order valence-electron chi connectivity index (χ0n) is 18.6. The summed E-state index contributed by atoms with van der Waals surface area (Å²) >= 11 is 6.01. The minimum atomic E-state index is -0.870. The molecule has 12 heteroatoms. The standard InChI is InChI=1S/C24H19ClN6O5/c25-16-3-1-15(2-4-16)14-31-23(33)20(28-22(32)19-9-11-34-29-19)13-26-24(31)27-17-5-7-18(8-6-17)36-21-10-12-35-30-21/h1-12,20H,13-14H2,(H,26,27)(H,28,32). The Kier molecular flexibility index (Phi) is 6.63. The van der Waals surface area contributed by atoms with Crippen LogP contribution in [-0.4, -0.2) is 45.6 Å². The van der Waals surface area contributed by atoms with Crippen molar-refractivity contribution in [3.8, 4) is 11.6 Å². The fourth-order valence-corrected chi connectivity index (χ4v) is 3.57. The lowest BCUT2D eigenvalue weighted by molar-refractivity contribution is -0.130. The van der Waals surface area contributed by atoms with Crippen molar-refractivity contribution in [3.05, 3.63) is 89.5 Å². The number of amides is 2. The maximum atomic E-state index is 13.4. The van der Waals surface area contributed by atoms with Crippen molar-refractivity contribution in [2.75, 3.05) is 11.9 Å². The molecule has 1 atom stereocenters. The number of aromatic nitrogens is 2. The molecule has 0 bridgehead atoms. The lowest BCUT2D eigenvalue weighted by atomic mass is 10.1. The van der Waals surface area contributed by atoms with Gasteiger partial charge in [-0.25, -0.2) is 4.99 Å². The Balaban J connectivity index is 1.34. The Hall–Kier alpha value is -4.64. The topological polar surface area (TPSA) is 135 Å². The van der Waals surface area contributed by atoms with Gasteiger partial charge in [0.25, 0.3) is 17.7 Å². The van der Waals surface area contributed by atoms with Crippen LogP contribution in [0.2, 0.25) is 5.02 Å². The van der Waals surface area contributed by atoms with Crippen molar-refractivity contribution in [2.24, 2.45) is 4.99 Å². The highest BCUT2D eigenvalue weighted by Crippen LogP contribution is 2.23. The smallest absolute Gasteiger partial charge is 0.274 e. The predicted octanol–water partition coefficient (Wildman–Crippen LogP) is 3.72. The molecule has 2 amide bonds. The zero-order chi connectivity index (χ0) is 24.9. The molecule has 0 aliphatic carbocycles. The maximum absolute atomic E-state index is 13.4. The third kappa shape index (κ3) is 5.36. The number of aliphatic imine (C=N–C) groups is 1. The van der Waals surface area contributed by atoms with Gasteiger partial charge >= 0.3 is 0 Å². The van der Waals surface area contributed by atoms with Crippen LogP contribution in [-0.2, 0) is 11.3 Å². The highest BCUT2D eigenvalue weighted by Gasteiger charge is 2.33. The molecular formula is C24H19ClN6O5. The molecule has 2 aromatic heterocycles. The molecule has 182 valence electrons. The second kappa shape index (κ2) is 10.3. The van der Waals surface area contributed by atoms with Crippen molar-refractivity contribution in [1.29, 1.82) is 0 Å². The van der Waals surface area contributed by atoms with Gasteiger partial charge in [-0.05, 0) is 47.1 Å².